The van der Waals surface area contributed by atoms with Gasteiger partial charge in [-0.3, -0.25) is 14.4 Å². The lowest BCUT2D eigenvalue weighted by Gasteiger charge is -2.28. The number of nitrogens with zero attached hydrogens (tertiary/aromatic N) is 4. The van der Waals surface area contributed by atoms with Gasteiger partial charge in [0, 0.05) is 24.5 Å². The van der Waals surface area contributed by atoms with E-state index >= 15 is 0 Å². The Morgan fingerprint density at radius 3 is 2.62 bits per heavy atom. The number of thiophene rings is 1. The van der Waals surface area contributed by atoms with E-state index in [4.69, 9.17) is 0 Å². The average Bonchev–Trinajstić information content (AvgIpc) is 3.51. The molecular weight excluding hydrogens is 444 g/mol. The van der Waals surface area contributed by atoms with Gasteiger partial charge in [-0.25, -0.2) is 0 Å². The third kappa shape index (κ3) is 5.35. The van der Waals surface area contributed by atoms with E-state index in [9.17, 15) is 4.79 Å². The number of carbonyl (C=O) groups is 1. The monoisotopic (exact) mass is 472 g/mol. The lowest BCUT2D eigenvalue weighted by Crippen LogP contribution is -2.33. The maximum atomic E-state index is 12.6. The van der Waals surface area contributed by atoms with Crippen LogP contribution < -0.4 is 10.6 Å². The molecule has 0 radical (unpaired) electrons. The predicted octanol–water partition coefficient (Wildman–Crippen LogP) is 4.57. The molecule has 0 atom stereocenters. The van der Waals surface area contributed by atoms with E-state index in [2.05, 4.69) is 50.1 Å². The SMILES string of the molecule is Cc1ccc(C(=O)Nc2ccccc2NCc2cn(CCN3CCc4ccccc4C3)nn2)s1. The zero-order chi connectivity index (χ0) is 23.3. The van der Waals surface area contributed by atoms with E-state index < -0.39 is 0 Å². The van der Waals surface area contributed by atoms with E-state index in [1.807, 2.05) is 54.2 Å². The van der Waals surface area contributed by atoms with Crippen molar-refractivity contribution in [2.45, 2.75) is 33.0 Å². The summed E-state index contributed by atoms with van der Waals surface area (Å²) < 4.78 is 1.91. The Kier molecular flexibility index (Phi) is 6.69. The van der Waals surface area contributed by atoms with Gasteiger partial charge in [0.15, 0.2) is 0 Å². The molecule has 5 rings (SSSR count). The lowest BCUT2D eigenvalue weighted by molar-refractivity contribution is 0.103. The van der Waals surface area contributed by atoms with Crippen molar-refractivity contribution >= 4 is 28.6 Å². The van der Waals surface area contributed by atoms with Crippen LogP contribution in [0.5, 0.6) is 0 Å². The minimum Gasteiger partial charge on any atom is -0.378 e. The van der Waals surface area contributed by atoms with Crippen LogP contribution >= 0.6 is 11.3 Å². The van der Waals surface area contributed by atoms with Crippen molar-refractivity contribution in [1.29, 1.82) is 0 Å². The summed E-state index contributed by atoms with van der Waals surface area (Å²) in [6, 6.07) is 20.2. The Labute approximate surface area is 203 Å². The first-order valence-corrected chi connectivity index (χ1v) is 12.3. The first-order chi connectivity index (χ1) is 16.6. The van der Waals surface area contributed by atoms with Gasteiger partial charge < -0.3 is 10.6 Å². The minimum absolute atomic E-state index is 0.0985. The predicted molar refractivity (Wildman–Crippen MR) is 136 cm³/mol. The van der Waals surface area contributed by atoms with Gasteiger partial charge in [-0.1, -0.05) is 41.6 Å². The molecule has 1 aliphatic heterocycles. The molecule has 0 aliphatic carbocycles. The fraction of sp³-hybridized carbons (Fsp3) is 0.269. The average molecular weight is 473 g/mol. The number of aromatic nitrogens is 3. The summed E-state index contributed by atoms with van der Waals surface area (Å²) in [7, 11) is 0. The quantitative estimate of drug-likeness (QED) is 0.393. The summed E-state index contributed by atoms with van der Waals surface area (Å²) in [4.78, 5) is 16.9. The molecule has 34 heavy (non-hydrogen) atoms. The topological polar surface area (TPSA) is 75.1 Å². The van der Waals surface area contributed by atoms with Gasteiger partial charge in [0.1, 0.15) is 5.69 Å². The number of carbonyl (C=O) groups excluding carboxylic acids is 1. The maximum absolute atomic E-state index is 12.6. The van der Waals surface area contributed by atoms with Crippen LogP contribution in [-0.4, -0.2) is 38.9 Å². The van der Waals surface area contributed by atoms with Gasteiger partial charge in [0.2, 0.25) is 0 Å². The summed E-state index contributed by atoms with van der Waals surface area (Å²) in [5.74, 6) is -0.0985. The Hall–Kier alpha value is -3.49. The summed E-state index contributed by atoms with van der Waals surface area (Å²) in [5.41, 5.74) is 5.35. The second-order valence-electron chi connectivity index (χ2n) is 8.53. The zero-order valence-corrected chi connectivity index (χ0v) is 20.0. The van der Waals surface area contributed by atoms with E-state index in [0.717, 1.165) is 54.5 Å². The summed E-state index contributed by atoms with van der Waals surface area (Å²) in [5, 5.41) is 15.0. The zero-order valence-electron chi connectivity index (χ0n) is 19.2. The normalized spacial score (nSPS) is 13.4. The molecule has 1 amide bonds. The number of hydrogen-bond donors (Lipinski definition) is 2. The molecule has 2 N–H and O–H groups in total. The molecule has 0 saturated heterocycles. The highest BCUT2D eigenvalue weighted by Crippen LogP contribution is 2.24. The second kappa shape index (κ2) is 10.2. The molecule has 0 unspecified atom stereocenters. The molecular formula is C26H28N6OS. The fourth-order valence-corrected chi connectivity index (χ4v) is 4.95. The van der Waals surface area contributed by atoms with Crippen molar-refractivity contribution in [3.05, 3.63) is 93.4 Å². The van der Waals surface area contributed by atoms with Crippen LogP contribution in [0.4, 0.5) is 11.4 Å². The molecule has 8 heteroatoms. The van der Waals surface area contributed by atoms with Crippen molar-refractivity contribution in [3.8, 4) is 0 Å². The van der Waals surface area contributed by atoms with Gasteiger partial charge in [0.05, 0.1) is 35.5 Å². The van der Waals surface area contributed by atoms with Crippen LogP contribution in [0, 0.1) is 6.92 Å². The van der Waals surface area contributed by atoms with Crippen LogP contribution in [0.1, 0.15) is 31.4 Å². The highest BCUT2D eigenvalue weighted by atomic mass is 32.1. The molecule has 0 fully saturated rings. The minimum atomic E-state index is -0.0985. The third-order valence-corrected chi connectivity index (χ3v) is 7.04. The number of para-hydroxylation sites is 2. The summed E-state index contributed by atoms with van der Waals surface area (Å²) in [6.07, 6.45) is 3.09. The van der Waals surface area contributed by atoms with E-state index in [1.54, 1.807) is 0 Å². The van der Waals surface area contributed by atoms with Crippen LogP contribution in [0.2, 0.25) is 0 Å². The molecule has 0 spiro atoms. The van der Waals surface area contributed by atoms with Crippen molar-refractivity contribution in [1.82, 2.24) is 19.9 Å². The van der Waals surface area contributed by atoms with Crippen LogP contribution in [0.3, 0.4) is 0 Å². The van der Waals surface area contributed by atoms with Crippen LogP contribution in [0.25, 0.3) is 0 Å². The smallest absolute Gasteiger partial charge is 0.265 e. The fourth-order valence-electron chi connectivity index (χ4n) is 4.19. The van der Waals surface area contributed by atoms with Gasteiger partial charge in [-0.15, -0.1) is 16.4 Å². The molecule has 7 nitrogen and oxygen atoms in total. The highest BCUT2D eigenvalue weighted by Gasteiger charge is 2.16. The van der Waals surface area contributed by atoms with Crippen molar-refractivity contribution in [3.63, 3.8) is 0 Å². The largest absolute Gasteiger partial charge is 0.378 e. The number of hydrogen-bond acceptors (Lipinski definition) is 6. The van der Waals surface area contributed by atoms with Gasteiger partial charge in [0.25, 0.3) is 5.91 Å². The van der Waals surface area contributed by atoms with Crippen LogP contribution in [0.15, 0.2) is 66.9 Å². The number of rotatable bonds is 8. The molecule has 3 heterocycles. The van der Waals surface area contributed by atoms with E-state index in [-0.39, 0.29) is 5.91 Å². The van der Waals surface area contributed by atoms with Crippen molar-refractivity contribution < 1.29 is 4.79 Å². The number of aryl methyl sites for hydroxylation is 1. The Morgan fingerprint density at radius 1 is 1.00 bits per heavy atom. The Balaban J connectivity index is 1.14. The summed E-state index contributed by atoms with van der Waals surface area (Å²) >= 11 is 1.49. The number of amides is 1. The van der Waals surface area contributed by atoms with Gasteiger partial charge in [-0.2, -0.15) is 0 Å². The number of fused-ring (bicyclic) bond motifs is 1. The summed E-state index contributed by atoms with van der Waals surface area (Å²) in [6.45, 7) is 6.35. The molecule has 174 valence electrons. The number of anilines is 2. The van der Waals surface area contributed by atoms with Crippen molar-refractivity contribution in [2.75, 3.05) is 23.7 Å². The molecule has 0 bridgehead atoms. The van der Waals surface area contributed by atoms with Crippen molar-refractivity contribution in [2.24, 2.45) is 0 Å². The molecule has 0 saturated carbocycles. The van der Waals surface area contributed by atoms with E-state index in [1.165, 1.54) is 22.5 Å². The Morgan fingerprint density at radius 2 is 1.79 bits per heavy atom. The molecule has 1 aliphatic rings. The first kappa shape index (κ1) is 22.3. The molecule has 2 aromatic carbocycles. The standard InChI is InChI=1S/C26H28N6OS/c1-19-10-11-25(34-19)26(33)28-24-9-5-4-8-23(24)27-16-22-18-32(30-29-22)15-14-31-13-12-20-6-2-3-7-21(20)17-31/h2-11,18,27H,12-17H2,1H3,(H,28,33). The van der Waals surface area contributed by atoms with Gasteiger partial charge >= 0.3 is 0 Å². The van der Waals surface area contributed by atoms with Gasteiger partial charge in [-0.05, 0) is 48.7 Å². The lowest BCUT2D eigenvalue weighted by atomic mass is 10.00. The Bertz CT molecular complexity index is 1280. The molecule has 4 aromatic rings. The second-order valence-corrected chi connectivity index (χ2v) is 9.82. The number of nitrogens with one attached hydrogen (secondary N) is 2. The highest BCUT2D eigenvalue weighted by molar-refractivity contribution is 7.14. The maximum Gasteiger partial charge on any atom is 0.265 e. The molecule has 2 aromatic heterocycles. The third-order valence-electron chi connectivity index (χ3n) is 6.04. The van der Waals surface area contributed by atoms with Crippen LogP contribution in [-0.2, 0) is 26.1 Å². The number of benzene rings is 2. The first-order valence-electron chi connectivity index (χ1n) is 11.5. The van der Waals surface area contributed by atoms with E-state index in [0.29, 0.717) is 11.4 Å².